The lowest BCUT2D eigenvalue weighted by Gasteiger charge is -2.34. The van der Waals surface area contributed by atoms with Crippen molar-refractivity contribution in [2.75, 3.05) is 32.7 Å². The second kappa shape index (κ2) is 6.48. The number of carbonyl (C=O) groups excluding carboxylic acids is 1. The number of hydrogen-bond donors (Lipinski definition) is 0. The molecular formula is C14H18BrFN2O. The van der Waals surface area contributed by atoms with Gasteiger partial charge in [0.05, 0.1) is 5.56 Å². The summed E-state index contributed by atoms with van der Waals surface area (Å²) in [5, 5.41) is 0. The molecule has 0 bridgehead atoms. The van der Waals surface area contributed by atoms with Crippen LogP contribution in [0.1, 0.15) is 23.7 Å². The van der Waals surface area contributed by atoms with Gasteiger partial charge in [-0.15, -0.1) is 0 Å². The average Bonchev–Trinajstić information content (AvgIpc) is 2.42. The molecule has 0 aromatic heterocycles. The molecule has 0 atom stereocenters. The Morgan fingerprint density at radius 2 is 2.00 bits per heavy atom. The Hall–Kier alpha value is -0.940. The summed E-state index contributed by atoms with van der Waals surface area (Å²) in [7, 11) is 0. The van der Waals surface area contributed by atoms with E-state index in [1.807, 2.05) is 0 Å². The Labute approximate surface area is 121 Å². The molecule has 1 aromatic carbocycles. The number of halogens is 2. The number of nitrogens with zero attached hydrogens (tertiary/aromatic N) is 2. The first kappa shape index (κ1) is 14.5. The van der Waals surface area contributed by atoms with Crippen LogP contribution in [0.25, 0.3) is 0 Å². The van der Waals surface area contributed by atoms with Crippen molar-refractivity contribution >= 4 is 21.8 Å². The van der Waals surface area contributed by atoms with E-state index in [0.717, 1.165) is 26.1 Å². The monoisotopic (exact) mass is 328 g/mol. The molecule has 0 N–H and O–H groups in total. The van der Waals surface area contributed by atoms with Crippen LogP contribution in [-0.2, 0) is 0 Å². The van der Waals surface area contributed by atoms with E-state index in [9.17, 15) is 9.18 Å². The van der Waals surface area contributed by atoms with Gasteiger partial charge in [0.25, 0.3) is 5.91 Å². The summed E-state index contributed by atoms with van der Waals surface area (Å²) in [5.41, 5.74) is 0.406. The van der Waals surface area contributed by atoms with Crippen molar-refractivity contribution in [3.8, 4) is 0 Å². The molecule has 1 saturated heterocycles. The molecule has 0 aliphatic carbocycles. The molecule has 1 aliphatic heterocycles. The Bertz CT molecular complexity index is 459. The van der Waals surface area contributed by atoms with Crippen molar-refractivity contribution in [3.63, 3.8) is 0 Å². The lowest BCUT2D eigenvalue weighted by Crippen LogP contribution is -2.48. The van der Waals surface area contributed by atoms with Crippen LogP contribution < -0.4 is 0 Å². The average molecular weight is 329 g/mol. The number of rotatable bonds is 3. The summed E-state index contributed by atoms with van der Waals surface area (Å²) >= 11 is 3.31. The van der Waals surface area contributed by atoms with Crippen LogP contribution in [0.3, 0.4) is 0 Å². The number of carbonyl (C=O) groups is 1. The van der Waals surface area contributed by atoms with Gasteiger partial charge >= 0.3 is 0 Å². The summed E-state index contributed by atoms with van der Waals surface area (Å²) in [6.45, 7) is 6.44. The van der Waals surface area contributed by atoms with Crippen LogP contribution in [0.2, 0.25) is 0 Å². The van der Waals surface area contributed by atoms with E-state index in [4.69, 9.17) is 0 Å². The third-order valence-electron chi connectivity index (χ3n) is 3.36. The fraction of sp³-hybridized carbons (Fsp3) is 0.500. The number of hydrogen-bond acceptors (Lipinski definition) is 2. The van der Waals surface area contributed by atoms with E-state index in [0.29, 0.717) is 23.1 Å². The van der Waals surface area contributed by atoms with Crippen LogP contribution in [0.4, 0.5) is 4.39 Å². The first-order chi connectivity index (χ1) is 9.11. The molecule has 0 radical (unpaired) electrons. The molecule has 1 fully saturated rings. The Morgan fingerprint density at radius 1 is 1.32 bits per heavy atom. The molecule has 0 saturated carbocycles. The zero-order valence-corrected chi connectivity index (χ0v) is 12.6. The van der Waals surface area contributed by atoms with Crippen molar-refractivity contribution in [2.45, 2.75) is 13.3 Å². The number of benzene rings is 1. The highest BCUT2D eigenvalue weighted by Crippen LogP contribution is 2.20. The van der Waals surface area contributed by atoms with E-state index in [1.165, 1.54) is 12.1 Å². The van der Waals surface area contributed by atoms with Crippen molar-refractivity contribution in [1.29, 1.82) is 0 Å². The summed E-state index contributed by atoms with van der Waals surface area (Å²) in [6, 6.07) is 4.22. The molecule has 1 aliphatic rings. The highest BCUT2D eigenvalue weighted by atomic mass is 79.9. The number of piperazine rings is 1. The first-order valence-corrected chi connectivity index (χ1v) is 7.37. The standard InChI is InChI=1S/C14H18BrFN2O/c1-2-5-17-6-8-18(9-7-17)14(19)12-10-11(16)3-4-13(12)15/h3-4,10H,2,5-9H2,1H3. The van der Waals surface area contributed by atoms with Gasteiger partial charge in [-0.1, -0.05) is 6.92 Å². The van der Waals surface area contributed by atoms with Gasteiger partial charge < -0.3 is 4.90 Å². The maximum atomic E-state index is 13.2. The highest BCUT2D eigenvalue weighted by molar-refractivity contribution is 9.10. The predicted octanol–water partition coefficient (Wildman–Crippen LogP) is 2.76. The van der Waals surface area contributed by atoms with Gasteiger partial charge in [-0.05, 0) is 47.1 Å². The summed E-state index contributed by atoms with van der Waals surface area (Å²) in [5.74, 6) is -0.473. The zero-order valence-electron chi connectivity index (χ0n) is 11.0. The smallest absolute Gasteiger partial charge is 0.255 e. The third kappa shape index (κ3) is 3.54. The Kier molecular flexibility index (Phi) is 4.93. The topological polar surface area (TPSA) is 23.6 Å². The first-order valence-electron chi connectivity index (χ1n) is 6.58. The van der Waals surface area contributed by atoms with Crippen LogP contribution in [0, 0.1) is 5.82 Å². The highest BCUT2D eigenvalue weighted by Gasteiger charge is 2.23. The summed E-state index contributed by atoms with van der Waals surface area (Å²) in [6.07, 6.45) is 1.13. The molecule has 1 aromatic rings. The largest absolute Gasteiger partial charge is 0.336 e. The van der Waals surface area contributed by atoms with Crippen LogP contribution >= 0.6 is 15.9 Å². The second-order valence-electron chi connectivity index (χ2n) is 4.76. The van der Waals surface area contributed by atoms with Gasteiger partial charge in [-0.3, -0.25) is 9.69 Å². The Morgan fingerprint density at radius 3 is 2.63 bits per heavy atom. The maximum absolute atomic E-state index is 13.2. The quantitative estimate of drug-likeness (QED) is 0.851. The zero-order chi connectivity index (χ0) is 13.8. The van der Waals surface area contributed by atoms with Crippen LogP contribution in [0.5, 0.6) is 0 Å². The van der Waals surface area contributed by atoms with Crippen molar-refractivity contribution in [2.24, 2.45) is 0 Å². The van der Waals surface area contributed by atoms with Gasteiger partial charge in [-0.25, -0.2) is 4.39 Å². The molecule has 2 rings (SSSR count). The molecule has 3 nitrogen and oxygen atoms in total. The van der Waals surface area contributed by atoms with E-state index in [1.54, 1.807) is 11.0 Å². The Balaban J connectivity index is 2.03. The SMILES string of the molecule is CCCN1CCN(C(=O)c2cc(F)ccc2Br)CC1. The third-order valence-corrected chi connectivity index (χ3v) is 4.05. The lowest BCUT2D eigenvalue weighted by atomic mass is 10.1. The van der Waals surface area contributed by atoms with E-state index in [2.05, 4.69) is 27.8 Å². The summed E-state index contributed by atoms with van der Waals surface area (Å²) in [4.78, 5) is 16.5. The lowest BCUT2D eigenvalue weighted by molar-refractivity contribution is 0.0636. The molecule has 104 valence electrons. The molecule has 0 unspecified atom stereocenters. The van der Waals surface area contributed by atoms with Gasteiger partial charge in [0.1, 0.15) is 5.82 Å². The second-order valence-corrected chi connectivity index (χ2v) is 5.61. The molecular weight excluding hydrogens is 311 g/mol. The van der Waals surface area contributed by atoms with Gasteiger partial charge in [0.2, 0.25) is 0 Å². The van der Waals surface area contributed by atoms with Crippen molar-refractivity contribution in [1.82, 2.24) is 9.80 Å². The molecule has 19 heavy (non-hydrogen) atoms. The summed E-state index contributed by atoms with van der Waals surface area (Å²) < 4.78 is 13.9. The molecule has 5 heteroatoms. The minimum atomic E-state index is -0.379. The fourth-order valence-corrected chi connectivity index (χ4v) is 2.74. The van der Waals surface area contributed by atoms with Crippen molar-refractivity contribution < 1.29 is 9.18 Å². The van der Waals surface area contributed by atoms with Gasteiger partial charge in [0.15, 0.2) is 0 Å². The van der Waals surface area contributed by atoms with Crippen LogP contribution in [-0.4, -0.2) is 48.4 Å². The fourth-order valence-electron chi connectivity index (χ4n) is 2.32. The molecule has 0 spiro atoms. The molecule has 1 heterocycles. The van der Waals surface area contributed by atoms with Gasteiger partial charge in [0, 0.05) is 30.7 Å². The van der Waals surface area contributed by atoms with E-state index in [-0.39, 0.29) is 11.7 Å². The van der Waals surface area contributed by atoms with E-state index >= 15 is 0 Å². The minimum absolute atomic E-state index is 0.0949. The van der Waals surface area contributed by atoms with Crippen LogP contribution in [0.15, 0.2) is 22.7 Å². The normalized spacial score (nSPS) is 16.7. The van der Waals surface area contributed by atoms with Gasteiger partial charge in [-0.2, -0.15) is 0 Å². The minimum Gasteiger partial charge on any atom is -0.336 e. The molecule has 1 amide bonds. The predicted molar refractivity (Wildman–Crippen MR) is 76.7 cm³/mol. The number of amides is 1. The van der Waals surface area contributed by atoms with E-state index < -0.39 is 0 Å². The maximum Gasteiger partial charge on any atom is 0.255 e. The van der Waals surface area contributed by atoms with Crippen molar-refractivity contribution in [3.05, 3.63) is 34.1 Å².